The van der Waals surface area contributed by atoms with Crippen molar-refractivity contribution >= 4 is 70.3 Å². The SMILES string of the molecule is O=C([O-])COc1ccc(Cl)cc1.O=C([O-])COc1ccc(Cl)cc1.O=C([O-])COc1ccc(Cl)cc1.O=C([O-])COc1ccc(Cl)cc1.[Mo+2].[Mo+2]. The minimum atomic E-state index is -1.25. The molecule has 0 aliphatic rings. The number of carbonyl (C=O) groups excluding carboxylic acids is 4. The van der Waals surface area contributed by atoms with E-state index in [1.807, 2.05) is 0 Å². The average molecular weight is 934 g/mol. The van der Waals surface area contributed by atoms with Crippen LogP contribution < -0.4 is 39.4 Å². The Labute approximate surface area is 335 Å². The number of carboxylic acid groups (broad SMARTS) is 4. The van der Waals surface area contributed by atoms with E-state index >= 15 is 0 Å². The van der Waals surface area contributed by atoms with Gasteiger partial charge in [-0.05, 0) is 97.1 Å². The standard InChI is InChI=1S/4C8H7ClO3.2Mo/c4*9-6-1-3-7(4-2-6)12-5-8(10)11;;/h4*1-4H,5H2,(H,10,11);;/q;;;;2*+2/p-4. The van der Waals surface area contributed by atoms with Gasteiger partial charge in [0.25, 0.3) is 0 Å². The van der Waals surface area contributed by atoms with Gasteiger partial charge in [0.05, 0.1) is 23.9 Å². The van der Waals surface area contributed by atoms with Gasteiger partial charge in [0.15, 0.2) is 0 Å². The van der Waals surface area contributed by atoms with E-state index in [1.54, 1.807) is 97.1 Å². The van der Waals surface area contributed by atoms with Gasteiger partial charge < -0.3 is 58.6 Å². The molecule has 0 radical (unpaired) electrons. The van der Waals surface area contributed by atoms with Crippen LogP contribution in [0.5, 0.6) is 23.0 Å². The van der Waals surface area contributed by atoms with E-state index in [9.17, 15) is 39.6 Å². The zero-order valence-corrected chi connectivity index (χ0v) is 32.3. The summed E-state index contributed by atoms with van der Waals surface area (Å²) in [6.07, 6.45) is 0. The molecule has 0 heterocycles. The summed E-state index contributed by atoms with van der Waals surface area (Å²) in [6.45, 7) is -1.77. The van der Waals surface area contributed by atoms with E-state index in [-0.39, 0.29) is 42.1 Å². The molecule has 4 aromatic carbocycles. The molecule has 50 heavy (non-hydrogen) atoms. The van der Waals surface area contributed by atoms with Crippen LogP contribution in [-0.4, -0.2) is 50.3 Å². The van der Waals surface area contributed by atoms with Crippen molar-refractivity contribution in [2.45, 2.75) is 0 Å². The van der Waals surface area contributed by atoms with E-state index < -0.39 is 50.3 Å². The molecule has 0 N–H and O–H groups in total. The summed E-state index contributed by atoms with van der Waals surface area (Å²) >= 11 is 22.4. The molecule has 0 amide bonds. The van der Waals surface area contributed by atoms with Crippen molar-refractivity contribution in [3.8, 4) is 23.0 Å². The van der Waals surface area contributed by atoms with E-state index in [1.165, 1.54) is 0 Å². The normalized spacial score (nSPS) is 9.04. The van der Waals surface area contributed by atoms with Gasteiger partial charge in [0.2, 0.25) is 0 Å². The molecular weight excluding hydrogens is 910 g/mol. The molecule has 0 saturated heterocycles. The van der Waals surface area contributed by atoms with E-state index in [0.29, 0.717) is 43.1 Å². The minimum absolute atomic E-state index is 0. The van der Waals surface area contributed by atoms with Crippen molar-refractivity contribution in [1.82, 2.24) is 0 Å². The monoisotopic (exact) mass is 936 g/mol. The van der Waals surface area contributed by atoms with E-state index in [4.69, 9.17) is 65.4 Å². The summed E-state index contributed by atoms with van der Waals surface area (Å²) in [5.74, 6) is -3.13. The zero-order valence-electron chi connectivity index (χ0n) is 25.3. The van der Waals surface area contributed by atoms with Gasteiger partial charge in [0, 0.05) is 20.1 Å². The first-order chi connectivity index (χ1) is 22.7. The van der Waals surface area contributed by atoms with Crippen LogP contribution >= 0.6 is 46.4 Å². The predicted octanol–water partition coefficient (Wildman–Crippen LogP) is 1.87. The van der Waals surface area contributed by atoms with Crippen LogP contribution in [0.15, 0.2) is 97.1 Å². The fraction of sp³-hybridized carbons (Fsp3) is 0.125. The summed E-state index contributed by atoms with van der Waals surface area (Å²) in [5, 5.41) is 42.2. The van der Waals surface area contributed by atoms with Gasteiger partial charge in [-0.3, -0.25) is 0 Å². The Hall–Kier alpha value is -3.50. The van der Waals surface area contributed by atoms with Gasteiger partial charge in [-0.15, -0.1) is 0 Å². The Morgan fingerprint density at radius 1 is 0.360 bits per heavy atom. The molecule has 264 valence electrons. The Morgan fingerprint density at radius 3 is 0.620 bits per heavy atom. The van der Waals surface area contributed by atoms with Crippen molar-refractivity contribution in [3.63, 3.8) is 0 Å². The molecule has 0 aliphatic carbocycles. The first kappa shape index (κ1) is 48.6. The number of carboxylic acids is 4. The summed E-state index contributed by atoms with van der Waals surface area (Å²) < 4.78 is 19.2. The third-order valence-electron chi connectivity index (χ3n) is 4.68. The first-order valence-corrected chi connectivity index (χ1v) is 14.6. The van der Waals surface area contributed by atoms with Crippen molar-refractivity contribution in [1.29, 1.82) is 0 Å². The number of carbonyl (C=O) groups is 4. The van der Waals surface area contributed by atoms with Gasteiger partial charge in [-0.1, -0.05) is 46.4 Å². The Morgan fingerprint density at radius 2 is 0.500 bits per heavy atom. The quantitative estimate of drug-likeness (QED) is 0.187. The number of halogens is 4. The molecule has 4 rings (SSSR count). The number of rotatable bonds is 12. The van der Waals surface area contributed by atoms with Crippen LogP contribution in [-0.2, 0) is 61.3 Å². The van der Waals surface area contributed by atoms with Crippen molar-refractivity contribution < 1.29 is 101 Å². The topological polar surface area (TPSA) is 197 Å². The second kappa shape index (κ2) is 28.2. The number of hydrogen-bond acceptors (Lipinski definition) is 12. The third-order valence-corrected chi connectivity index (χ3v) is 5.69. The van der Waals surface area contributed by atoms with E-state index in [2.05, 4.69) is 0 Å². The summed E-state index contributed by atoms with van der Waals surface area (Å²) in [5.41, 5.74) is 0. The third kappa shape index (κ3) is 26.4. The van der Waals surface area contributed by atoms with Crippen LogP contribution in [0.3, 0.4) is 0 Å². The molecule has 0 spiro atoms. The second-order valence-corrected chi connectivity index (χ2v) is 10.2. The van der Waals surface area contributed by atoms with Gasteiger partial charge in [-0.2, -0.15) is 0 Å². The van der Waals surface area contributed by atoms with Gasteiger partial charge in [-0.25, -0.2) is 0 Å². The molecule has 0 atom stereocenters. The fourth-order valence-corrected chi connectivity index (χ4v) is 3.20. The maximum atomic E-state index is 9.98. The van der Waals surface area contributed by atoms with Gasteiger partial charge in [0.1, 0.15) is 49.4 Å². The Bertz CT molecular complexity index is 1320. The number of hydrogen-bond donors (Lipinski definition) is 0. The molecule has 12 nitrogen and oxygen atoms in total. The first-order valence-electron chi connectivity index (χ1n) is 13.1. The molecule has 0 aliphatic heterocycles. The number of aliphatic carboxylic acids is 4. The molecule has 0 fully saturated rings. The molecule has 0 aromatic heterocycles. The van der Waals surface area contributed by atoms with Gasteiger partial charge >= 0.3 is 42.1 Å². The average Bonchev–Trinajstić information content (AvgIpc) is 3.04. The van der Waals surface area contributed by atoms with Crippen LogP contribution in [0.2, 0.25) is 20.1 Å². The number of benzene rings is 4. The molecule has 0 saturated carbocycles. The molecule has 4 aromatic rings. The van der Waals surface area contributed by atoms with Crippen molar-refractivity contribution in [2.75, 3.05) is 26.4 Å². The predicted molar refractivity (Wildman–Crippen MR) is 168 cm³/mol. The van der Waals surface area contributed by atoms with Crippen LogP contribution in [0, 0.1) is 0 Å². The van der Waals surface area contributed by atoms with Crippen LogP contribution in [0.25, 0.3) is 0 Å². The van der Waals surface area contributed by atoms with Crippen molar-refractivity contribution in [2.24, 2.45) is 0 Å². The molecule has 0 unspecified atom stereocenters. The van der Waals surface area contributed by atoms with Crippen molar-refractivity contribution in [3.05, 3.63) is 117 Å². The minimum Gasteiger partial charge on any atom is -0.546 e. The Balaban J connectivity index is 0. The molecular formula is C32H24Cl4Mo2O12. The Kier molecular flexibility index (Phi) is 27.4. The summed E-state index contributed by atoms with van der Waals surface area (Å²) in [7, 11) is 0. The van der Waals surface area contributed by atoms with Crippen LogP contribution in [0.1, 0.15) is 0 Å². The maximum Gasteiger partial charge on any atom is 2.00 e. The van der Waals surface area contributed by atoms with E-state index in [0.717, 1.165) is 0 Å². The smallest absolute Gasteiger partial charge is 0.546 e. The maximum absolute atomic E-state index is 9.98. The zero-order chi connectivity index (χ0) is 35.9. The molecule has 18 heteroatoms. The fourth-order valence-electron chi connectivity index (χ4n) is 2.69. The van der Waals surface area contributed by atoms with Crippen LogP contribution in [0.4, 0.5) is 0 Å². The summed E-state index contributed by atoms with van der Waals surface area (Å²) in [6, 6.07) is 25.6. The second-order valence-electron chi connectivity index (χ2n) is 8.46. The molecule has 0 bridgehead atoms. The summed E-state index contributed by atoms with van der Waals surface area (Å²) in [4.78, 5) is 39.9. The largest absolute Gasteiger partial charge is 2.00 e. The number of ether oxygens (including phenoxy) is 4.